The first-order chi connectivity index (χ1) is 12.2. The van der Waals surface area contributed by atoms with Crippen molar-refractivity contribution >= 4 is 21.6 Å². The number of rotatable bonds is 7. The molecule has 0 saturated carbocycles. The van der Waals surface area contributed by atoms with Crippen LogP contribution in [0.1, 0.15) is 5.56 Å². The maximum absolute atomic E-state index is 12.5. The minimum absolute atomic E-state index is 0.107. The van der Waals surface area contributed by atoms with Crippen molar-refractivity contribution in [2.75, 3.05) is 32.5 Å². The monoisotopic (exact) mass is 378 g/mol. The highest BCUT2D eigenvalue weighted by atomic mass is 32.2. The molecule has 2 rings (SSSR count). The molecule has 0 aliphatic heterocycles. The highest BCUT2D eigenvalue weighted by Crippen LogP contribution is 2.24. The van der Waals surface area contributed by atoms with Gasteiger partial charge in [-0.15, -0.1) is 0 Å². The molecule has 0 bridgehead atoms. The summed E-state index contributed by atoms with van der Waals surface area (Å²) in [6, 6.07) is 11.1. The number of nitrogens with zero attached hydrogens (tertiary/aromatic N) is 1. The Morgan fingerprint density at radius 2 is 1.77 bits per heavy atom. The summed E-state index contributed by atoms with van der Waals surface area (Å²) in [5, 5.41) is 0. The first kappa shape index (κ1) is 19.6. The number of hydrogen-bond acceptors (Lipinski definition) is 5. The number of hydrogen-bond donors (Lipinski definition) is 1. The molecule has 0 radical (unpaired) electrons. The van der Waals surface area contributed by atoms with Gasteiger partial charge in [-0.05, 0) is 55.0 Å². The third-order valence-electron chi connectivity index (χ3n) is 3.65. The average molecular weight is 378 g/mol. The molecular weight excluding hydrogens is 356 g/mol. The molecule has 0 aromatic heterocycles. The zero-order valence-electron chi connectivity index (χ0n) is 15.1. The molecule has 0 fully saturated rings. The lowest BCUT2D eigenvalue weighted by atomic mass is 10.2. The van der Waals surface area contributed by atoms with E-state index in [0.717, 1.165) is 0 Å². The smallest absolute Gasteiger partial charge is 0.261 e. The number of carbonyl (C=O) groups excluding carboxylic acids is 1. The van der Waals surface area contributed by atoms with E-state index in [-0.39, 0.29) is 17.4 Å². The van der Waals surface area contributed by atoms with Gasteiger partial charge < -0.3 is 14.4 Å². The number of amides is 1. The summed E-state index contributed by atoms with van der Waals surface area (Å²) in [5.41, 5.74) is 1.05. The van der Waals surface area contributed by atoms with Gasteiger partial charge in [-0.1, -0.05) is 0 Å². The lowest BCUT2D eigenvalue weighted by molar-refractivity contribution is -0.130. The predicted molar refractivity (Wildman–Crippen MR) is 99.2 cm³/mol. The number of benzene rings is 2. The first-order valence-electron chi connectivity index (χ1n) is 7.83. The SMILES string of the molecule is COc1ccc(NS(=O)(=O)c2ccc(OCC(=O)N(C)C)c(C)c2)cc1. The van der Waals surface area contributed by atoms with Crippen LogP contribution in [-0.2, 0) is 14.8 Å². The van der Waals surface area contributed by atoms with E-state index in [2.05, 4.69) is 4.72 Å². The van der Waals surface area contributed by atoms with Gasteiger partial charge in [0.15, 0.2) is 6.61 Å². The molecule has 1 N–H and O–H groups in total. The van der Waals surface area contributed by atoms with Crippen LogP contribution < -0.4 is 14.2 Å². The Labute approximate surface area is 153 Å². The lowest BCUT2D eigenvalue weighted by Crippen LogP contribution is -2.27. The van der Waals surface area contributed by atoms with Gasteiger partial charge in [-0.2, -0.15) is 0 Å². The summed E-state index contributed by atoms with van der Waals surface area (Å²) in [6.07, 6.45) is 0. The van der Waals surface area contributed by atoms with Gasteiger partial charge in [0, 0.05) is 19.8 Å². The van der Waals surface area contributed by atoms with Gasteiger partial charge in [-0.3, -0.25) is 9.52 Å². The van der Waals surface area contributed by atoms with Gasteiger partial charge in [-0.25, -0.2) is 8.42 Å². The van der Waals surface area contributed by atoms with Crippen LogP contribution >= 0.6 is 0 Å². The number of carbonyl (C=O) groups is 1. The van der Waals surface area contributed by atoms with Crippen LogP contribution in [0.2, 0.25) is 0 Å². The van der Waals surface area contributed by atoms with Crippen LogP contribution in [0.15, 0.2) is 47.4 Å². The maximum atomic E-state index is 12.5. The summed E-state index contributed by atoms with van der Waals surface area (Å²) in [6.45, 7) is 1.62. The summed E-state index contributed by atoms with van der Waals surface area (Å²) in [7, 11) is 1.08. The van der Waals surface area contributed by atoms with Crippen LogP contribution in [0, 0.1) is 6.92 Å². The number of sulfonamides is 1. The molecule has 7 nitrogen and oxygen atoms in total. The molecule has 0 aliphatic rings. The molecule has 140 valence electrons. The number of likely N-dealkylation sites (N-methyl/N-ethyl adjacent to an activating group) is 1. The summed E-state index contributed by atoms with van der Waals surface area (Å²) < 4.78 is 38.1. The highest BCUT2D eigenvalue weighted by Gasteiger charge is 2.16. The molecule has 1 amide bonds. The summed E-state index contributed by atoms with van der Waals surface area (Å²) >= 11 is 0. The molecule has 0 saturated heterocycles. The number of anilines is 1. The summed E-state index contributed by atoms with van der Waals surface area (Å²) in [4.78, 5) is 13.1. The molecule has 0 heterocycles. The Kier molecular flexibility index (Phi) is 6.10. The van der Waals surface area contributed by atoms with Crippen molar-refractivity contribution in [3.63, 3.8) is 0 Å². The van der Waals surface area contributed by atoms with E-state index in [0.29, 0.717) is 22.7 Å². The fourth-order valence-corrected chi connectivity index (χ4v) is 3.24. The van der Waals surface area contributed by atoms with Crippen LogP contribution in [0.25, 0.3) is 0 Å². The quantitative estimate of drug-likeness (QED) is 0.799. The molecule has 2 aromatic carbocycles. The standard InChI is InChI=1S/C18H22N2O5S/c1-13-11-16(9-10-17(13)25-12-18(21)20(2)3)26(22,23)19-14-5-7-15(24-4)8-6-14/h5-11,19H,12H2,1-4H3. The maximum Gasteiger partial charge on any atom is 0.261 e. The van der Waals surface area contributed by atoms with Crippen molar-refractivity contribution in [1.29, 1.82) is 0 Å². The van der Waals surface area contributed by atoms with Gasteiger partial charge in [0.05, 0.1) is 12.0 Å². The fraction of sp³-hybridized carbons (Fsp3) is 0.278. The molecule has 8 heteroatoms. The van der Waals surface area contributed by atoms with E-state index in [4.69, 9.17) is 9.47 Å². The minimum atomic E-state index is -3.74. The normalized spacial score (nSPS) is 10.9. The number of methoxy groups -OCH3 is 1. The lowest BCUT2D eigenvalue weighted by Gasteiger charge is -2.14. The Morgan fingerprint density at radius 3 is 2.31 bits per heavy atom. The third-order valence-corrected chi connectivity index (χ3v) is 5.03. The zero-order valence-corrected chi connectivity index (χ0v) is 16.0. The van der Waals surface area contributed by atoms with Gasteiger partial charge in [0.2, 0.25) is 0 Å². The van der Waals surface area contributed by atoms with Gasteiger partial charge >= 0.3 is 0 Å². The topological polar surface area (TPSA) is 84.9 Å². The second-order valence-corrected chi connectivity index (χ2v) is 7.52. The average Bonchev–Trinajstić information content (AvgIpc) is 2.60. The second kappa shape index (κ2) is 8.09. The van der Waals surface area contributed by atoms with Crippen molar-refractivity contribution in [2.45, 2.75) is 11.8 Å². The number of aryl methyl sites for hydroxylation is 1. The highest BCUT2D eigenvalue weighted by molar-refractivity contribution is 7.92. The predicted octanol–water partition coefficient (Wildman–Crippen LogP) is 2.27. The number of nitrogens with one attached hydrogen (secondary N) is 1. The number of ether oxygens (including phenoxy) is 2. The van der Waals surface area contributed by atoms with E-state index in [9.17, 15) is 13.2 Å². The Morgan fingerprint density at radius 1 is 1.12 bits per heavy atom. The largest absolute Gasteiger partial charge is 0.497 e. The van der Waals surface area contributed by atoms with Gasteiger partial charge in [0.1, 0.15) is 11.5 Å². The second-order valence-electron chi connectivity index (χ2n) is 5.84. The van der Waals surface area contributed by atoms with Crippen molar-refractivity contribution < 1.29 is 22.7 Å². The van der Waals surface area contributed by atoms with Crippen LogP contribution in [0.5, 0.6) is 11.5 Å². The Hall–Kier alpha value is -2.74. The molecule has 0 aliphatic carbocycles. The molecular formula is C18H22N2O5S. The Bertz CT molecular complexity index is 877. The fourth-order valence-electron chi connectivity index (χ4n) is 2.09. The van der Waals surface area contributed by atoms with Gasteiger partial charge in [0.25, 0.3) is 15.9 Å². The molecule has 26 heavy (non-hydrogen) atoms. The van der Waals surface area contributed by atoms with Crippen LogP contribution in [0.4, 0.5) is 5.69 Å². The van der Waals surface area contributed by atoms with Crippen LogP contribution in [-0.4, -0.2) is 47.0 Å². The third kappa shape index (κ3) is 4.89. The van der Waals surface area contributed by atoms with E-state index >= 15 is 0 Å². The van der Waals surface area contributed by atoms with Crippen molar-refractivity contribution in [1.82, 2.24) is 4.90 Å². The zero-order chi connectivity index (χ0) is 19.3. The minimum Gasteiger partial charge on any atom is -0.497 e. The molecule has 2 aromatic rings. The molecule has 0 atom stereocenters. The first-order valence-corrected chi connectivity index (χ1v) is 9.32. The molecule has 0 spiro atoms. The van der Waals surface area contributed by atoms with Crippen LogP contribution in [0.3, 0.4) is 0 Å². The van der Waals surface area contributed by atoms with Crippen molar-refractivity contribution in [3.05, 3.63) is 48.0 Å². The van der Waals surface area contributed by atoms with E-state index < -0.39 is 10.0 Å². The van der Waals surface area contributed by atoms with Crippen molar-refractivity contribution in [2.24, 2.45) is 0 Å². The van der Waals surface area contributed by atoms with Crippen molar-refractivity contribution in [3.8, 4) is 11.5 Å². The molecule has 0 unspecified atom stereocenters. The summed E-state index contributed by atoms with van der Waals surface area (Å²) in [5.74, 6) is 0.920. The Balaban J connectivity index is 2.14. The van der Waals surface area contributed by atoms with E-state index in [1.807, 2.05) is 0 Å². The van der Waals surface area contributed by atoms with E-state index in [1.54, 1.807) is 51.4 Å². The van der Waals surface area contributed by atoms with E-state index in [1.165, 1.54) is 24.1 Å².